The Kier molecular flexibility index (Phi) is 7.04. The van der Waals surface area contributed by atoms with E-state index in [1.807, 2.05) is 18.2 Å². The molecule has 0 saturated carbocycles. The van der Waals surface area contributed by atoms with Crippen molar-refractivity contribution in [3.05, 3.63) is 59.9 Å². The second-order valence-corrected chi connectivity index (χ2v) is 6.72. The molecule has 27 heavy (non-hydrogen) atoms. The van der Waals surface area contributed by atoms with Crippen molar-refractivity contribution in [3.63, 3.8) is 0 Å². The second kappa shape index (κ2) is 9.69. The first-order chi connectivity index (χ1) is 13.2. The first kappa shape index (κ1) is 19.6. The highest BCUT2D eigenvalue weighted by atomic mass is 19.1. The number of ether oxygens (including phenoxy) is 2. The smallest absolute Gasteiger partial charge is 0.142 e. The molecule has 0 radical (unpaired) electrons. The zero-order chi connectivity index (χ0) is 19.1. The summed E-state index contributed by atoms with van der Waals surface area (Å²) in [5, 5.41) is 10.2. The molecule has 2 aromatic rings. The van der Waals surface area contributed by atoms with Crippen LogP contribution in [0.4, 0.5) is 10.1 Å². The van der Waals surface area contributed by atoms with E-state index >= 15 is 0 Å². The lowest BCUT2D eigenvalue weighted by molar-refractivity contribution is 0.00838. The minimum Gasteiger partial charge on any atom is -0.495 e. The fourth-order valence-electron chi connectivity index (χ4n) is 3.33. The van der Waals surface area contributed by atoms with Gasteiger partial charge in [0.2, 0.25) is 0 Å². The Morgan fingerprint density at radius 1 is 1.04 bits per heavy atom. The van der Waals surface area contributed by atoms with Crippen molar-refractivity contribution >= 4 is 5.69 Å². The molecule has 0 aromatic heterocycles. The van der Waals surface area contributed by atoms with Gasteiger partial charge in [-0.05, 0) is 18.2 Å². The molecule has 0 spiro atoms. The number of aliphatic hydroxyl groups is 1. The predicted octanol–water partition coefficient (Wildman–Crippen LogP) is 2.53. The number of para-hydroxylation sites is 2. The quantitative estimate of drug-likeness (QED) is 0.769. The first-order valence-corrected chi connectivity index (χ1v) is 9.27. The third kappa shape index (κ3) is 5.42. The van der Waals surface area contributed by atoms with Crippen molar-refractivity contribution in [2.45, 2.75) is 12.7 Å². The molecule has 1 atom stereocenters. The van der Waals surface area contributed by atoms with Gasteiger partial charge in [-0.25, -0.2) is 4.39 Å². The van der Waals surface area contributed by atoms with Crippen LogP contribution in [0, 0.1) is 5.82 Å². The lowest BCUT2D eigenvalue weighted by Gasteiger charge is -2.37. The Labute approximate surface area is 159 Å². The van der Waals surface area contributed by atoms with Gasteiger partial charge in [0, 0.05) is 38.3 Å². The standard InChI is InChI=1S/C21H27FN2O3/c1-26-21-9-5-4-8-20(21)24-12-10-23(11-13-24)14-18(25)16-27-15-17-6-2-3-7-19(17)22/h2-9,18,25H,10-16H2,1H3/t18-/m1/s1. The molecule has 0 amide bonds. The summed E-state index contributed by atoms with van der Waals surface area (Å²) in [6.07, 6.45) is -0.588. The van der Waals surface area contributed by atoms with Crippen LogP contribution in [0.1, 0.15) is 5.56 Å². The molecule has 1 fully saturated rings. The molecule has 2 aromatic carbocycles. The highest BCUT2D eigenvalue weighted by molar-refractivity contribution is 5.58. The number of methoxy groups -OCH3 is 1. The van der Waals surface area contributed by atoms with Crippen molar-refractivity contribution < 1.29 is 19.0 Å². The molecular weight excluding hydrogens is 347 g/mol. The lowest BCUT2D eigenvalue weighted by atomic mass is 10.2. The Bertz CT molecular complexity index is 720. The Balaban J connectivity index is 1.40. The normalized spacial score (nSPS) is 16.3. The number of hydrogen-bond donors (Lipinski definition) is 1. The Morgan fingerprint density at radius 2 is 1.74 bits per heavy atom. The Hall–Kier alpha value is -2.15. The van der Waals surface area contributed by atoms with E-state index in [1.165, 1.54) is 6.07 Å². The molecule has 5 nitrogen and oxygen atoms in total. The average molecular weight is 374 g/mol. The largest absolute Gasteiger partial charge is 0.495 e. The maximum Gasteiger partial charge on any atom is 0.142 e. The van der Waals surface area contributed by atoms with Crippen LogP contribution in [0.3, 0.4) is 0 Å². The number of anilines is 1. The summed E-state index contributed by atoms with van der Waals surface area (Å²) in [4.78, 5) is 4.53. The third-order valence-electron chi connectivity index (χ3n) is 4.79. The molecule has 0 unspecified atom stereocenters. The van der Waals surface area contributed by atoms with Crippen LogP contribution >= 0.6 is 0 Å². The Morgan fingerprint density at radius 3 is 2.48 bits per heavy atom. The molecule has 1 saturated heterocycles. The van der Waals surface area contributed by atoms with Crippen LogP contribution in [0.2, 0.25) is 0 Å². The number of hydrogen-bond acceptors (Lipinski definition) is 5. The van der Waals surface area contributed by atoms with Gasteiger partial charge >= 0.3 is 0 Å². The maximum absolute atomic E-state index is 13.6. The van der Waals surface area contributed by atoms with E-state index in [-0.39, 0.29) is 19.0 Å². The van der Waals surface area contributed by atoms with E-state index in [9.17, 15) is 9.50 Å². The molecule has 1 heterocycles. The molecule has 1 aliphatic heterocycles. The van der Waals surface area contributed by atoms with Gasteiger partial charge in [-0.15, -0.1) is 0 Å². The number of β-amino-alcohol motifs (C(OH)–C–C–N with tert-alkyl or cyclic N) is 1. The highest BCUT2D eigenvalue weighted by Crippen LogP contribution is 2.28. The molecule has 6 heteroatoms. The number of rotatable bonds is 8. The summed E-state index contributed by atoms with van der Waals surface area (Å²) in [6, 6.07) is 14.6. The van der Waals surface area contributed by atoms with E-state index in [2.05, 4.69) is 15.9 Å². The van der Waals surface area contributed by atoms with Crippen molar-refractivity contribution in [2.75, 3.05) is 51.3 Å². The van der Waals surface area contributed by atoms with Crippen LogP contribution in [-0.4, -0.2) is 62.6 Å². The molecule has 1 N–H and O–H groups in total. The number of benzene rings is 2. The number of nitrogens with zero attached hydrogens (tertiary/aromatic N) is 2. The minimum absolute atomic E-state index is 0.172. The van der Waals surface area contributed by atoms with Crippen molar-refractivity contribution in [1.29, 1.82) is 0 Å². The third-order valence-corrected chi connectivity index (χ3v) is 4.79. The van der Waals surface area contributed by atoms with Crippen LogP contribution in [0.25, 0.3) is 0 Å². The summed E-state index contributed by atoms with van der Waals surface area (Å²) in [6.45, 7) is 4.40. The van der Waals surface area contributed by atoms with E-state index < -0.39 is 6.10 Å². The predicted molar refractivity (Wildman–Crippen MR) is 104 cm³/mol. The van der Waals surface area contributed by atoms with Gasteiger partial charge in [0.25, 0.3) is 0 Å². The zero-order valence-electron chi connectivity index (χ0n) is 15.7. The van der Waals surface area contributed by atoms with E-state index in [0.717, 1.165) is 37.6 Å². The van der Waals surface area contributed by atoms with Gasteiger partial charge in [-0.2, -0.15) is 0 Å². The molecule has 0 aliphatic carbocycles. The van der Waals surface area contributed by atoms with Gasteiger partial charge in [-0.1, -0.05) is 30.3 Å². The summed E-state index contributed by atoms with van der Waals surface area (Å²) >= 11 is 0. The van der Waals surface area contributed by atoms with Crippen LogP contribution in [0.15, 0.2) is 48.5 Å². The zero-order valence-corrected chi connectivity index (χ0v) is 15.7. The molecule has 1 aliphatic rings. The van der Waals surface area contributed by atoms with E-state index in [4.69, 9.17) is 9.47 Å². The monoisotopic (exact) mass is 374 g/mol. The summed E-state index contributed by atoms with van der Waals surface area (Å²) in [5.74, 6) is 0.604. The lowest BCUT2D eigenvalue weighted by Crippen LogP contribution is -2.49. The number of piperazine rings is 1. The van der Waals surface area contributed by atoms with Crippen molar-refractivity contribution in [3.8, 4) is 5.75 Å². The minimum atomic E-state index is -0.588. The molecule has 3 rings (SSSR count). The maximum atomic E-state index is 13.6. The van der Waals surface area contributed by atoms with Crippen molar-refractivity contribution in [1.82, 2.24) is 4.90 Å². The van der Waals surface area contributed by atoms with Gasteiger partial charge < -0.3 is 19.5 Å². The number of aliphatic hydroxyl groups excluding tert-OH is 1. The van der Waals surface area contributed by atoms with Gasteiger partial charge in [0.1, 0.15) is 11.6 Å². The summed E-state index contributed by atoms with van der Waals surface area (Å²) in [7, 11) is 1.69. The van der Waals surface area contributed by atoms with Crippen LogP contribution in [-0.2, 0) is 11.3 Å². The SMILES string of the molecule is COc1ccccc1N1CCN(C[C@@H](O)COCc2ccccc2F)CC1. The average Bonchev–Trinajstić information content (AvgIpc) is 2.70. The summed E-state index contributed by atoms with van der Waals surface area (Å²) in [5.41, 5.74) is 1.61. The van der Waals surface area contributed by atoms with Gasteiger partial charge in [0.15, 0.2) is 0 Å². The van der Waals surface area contributed by atoms with E-state index in [1.54, 1.807) is 25.3 Å². The first-order valence-electron chi connectivity index (χ1n) is 9.27. The van der Waals surface area contributed by atoms with Gasteiger partial charge in [-0.3, -0.25) is 4.90 Å². The molecular formula is C21H27FN2O3. The summed E-state index contributed by atoms with van der Waals surface area (Å²) < 4.78 is 24.5. The van der Waals surface area contributed by atoms with Crippen LogP contribution in [0.5, 0.6) is 5.75 Å². The molecule has 0 bridgehead atoms. The van der Waals surface area contributed by atoms with Crippen molar-refractivity contribution in [2.24, 2.45) is 0 Å². The topological polar surface area (TPSA) is 45.2 Å². The number of halogens is 1. The fraction of sp³-hybridized carbons (Fsp3) is 0.429. The molecule has 146 valence electrons. The van der Waals surface area contributed by atoms with E-state index in [0.29, 0.717) is 12.1 Å². The second-order valence-electron chi connectivity index (χ2n) is 6.72. The van der Waals surface area contributed by atoms with Gasteiger partial charge in [0.05, 0.1) is 32.1 Å². The fourth-order valence-corrected chi connectivity index (χ4v) is 3.33. The van der Waals surface area contributed by atoms with Crippen LogP contribution < -0.4 is 9.64 Å². The highest BCUT2D eigenvalue weighted by Gasteiger charge is 2.21.